The van der Waals surface area contributed by atoms with Crippen LogP contribution in [0.25, 0.3) is 82.4 Å². The molecule has 0 radical (unpaired) electrons. The van der Waals surface area contributed by atoms with Crippen LogP contribution < -0.4 is 4.90 Å². The fourth-order valence-electron chi connectivity index (χ4n) is 9.07. The molecule has 0 spiro atoms. The summed E-state index contributed by atoms with van der Waals surface area (Å²) in [7, 11) is 0. The molecule has 0 aliphatic rings. The standard InChI is InChI=1S/C56H38N2/c1-3-20-39(21-4-1)42-25-9-12-31-49(42)56-44(40-22-5-2-6-23-40)32-19-37-54(56)58(55-38-41-24-7-8-26-43(41)45-27-10-11-28-46(45)55)53-36-18-17-35-52(53)57-50-33-15-13-29-47(50)48-30-14-16-34-51(48)57/h1-38H. The Balaban J connectivity index is 1.31. The minimum atomic E-state index is 1.08. The molecule has 0 atom stereocenters. The molecule has 272 valence electrons. The van der Waals surface area contributed by atoms with E-state index in [9.17, 15) is 0 Å². The number of nitrogens with zero attached hydrogens (tertiary/aromatic N) is 2. The van der Waals surface area contributed by atoms with Crippen LogP contribution in [0.2, 0.25) is 0 Å². The summed E-state index contributed by atoms with van der Waals surface area (Å²) in [5.41, 5.74) is 13.8. The summed E-state index contributed by atoms with van der Waals surface area (Å²) in [6, 6.07) is 83.9. The number of hydrogen-bond acceptors (Lipinski definition) is 1. The molecule has 0 fully saturated rings. The van der Waals surface area contributed by atoms with Crippen molar-refractivity contribution in [2.75, 3.05) is 4.90 Å². The SMILES string of the molecule is c1ccc(-c2ccccc2-c2c(-c3ccccc3)cccc2N(c2ccccc2-n2c3ccccc3c3ccccc32)c2cc3ccccc3c3ccccc23)cc1. The molecule has 58 heavy (non-hydrogen) atoms. The van der Waals surface area contributed by atoms with Gasteiger partial charge in [-0.1, -0.05) is 194 Å². The second-order valence-corrected chi connectivity index (χ2v) is 14.8. The number of rotatable bonds is 7. The first-order valence-corrected chi connectivity index (χ1v) is 19.9. The zero-order chi connectivity index (χ0) is 38.4. The van der Waals surface area contributed by atoms with Gasteiger partial charge in [0.1, 0.15) is 0 Å². The quantitative estimate of drug-likeness (QED) is 0.148. The van der Waals surface area contributed by atoms with E-state index in [1.807, 2.05) is 0 Å². The number of hydrogen-bond donors (Lipinski definition) is 0. The summed E-state index contributed by atoms with van der Waals surface area (Å²) >= 11 is 0. The molecular weight excluding hydrogens is 701 g/mol. The lowest BCUT2D eigenvalue weighted by Gasteiger charge is -2.33. The van der Waals surface area contributed by atoms with E-state index in [0.29, 0.717) is 0 Å². The van der Waals surface area contributed by atoms with Gasteiger partial charge in [-0.15, -0.1) is 0 Å². The molecule has 11 aromatic rings. The van der Waals surface area contributed by atoms with Crippen molar-refractivity contribution in [2.24, 2.45) is 0 Å². The number of anilines is 3. The molecule has 0 aliphatic carbocycles. The van der Waals surface area contributed by atoms with Gasteiger partial charge < -0.3 is 9.47 Å². The van der Waals surface area contributed by atoms with E-state index < -0.39 is 0 Å². The van der Waals surface area contributed by atoms with Gasteiger partial charge in [0.2, 0.25) is 0 Å². The van der Waals surface area contributed by atoms with Crippen molar-refractivity contribution in [3.63, 3.8) is 0 Å². The molecule has 2 heteroatoms. The van der Waals surface area contributed by atoms with Crippen LogP contribution in [0.3, 0.4) is 0 Å². The Labute approximate surface area is 338 Å². The van der Waals surface area contributed by atoms with Crippen molar-refractivity contribution in [3.8, 4) is 39.1 Å². The molecule has 11 rings (SSSR count). The average Bonchev–Trinajstić information content (AvgIpc) is 3.64. The molecule has 1 heterocycles. The van der Waals surface area contributed by atoms with Crippen LogP contribution in [0, 0.1) is 0 Å². The highest BCUT2D eigenvalue weighted by Crippen LogP contribution is 2.51. The molecule has 0 saturated heterocycles. The Morgan fingerprint density at radius 1 is 0.293 bits per heavy atom. The van der Waals surface area contributed by atoms with Crippen molar-refractivity contribution in [3.05, 3.63) is 231 Å². The summed E-state index contributed by atoms with van der Waals surface area (Å²) in [6.45, 7) is 0. The van der Waals surface area contributed by atoms with Crippen LogP contribution in [0.1, 0.15) is 0 Å². The second-order valence-electron chi connectivity index (χ2n) is 14.8. The molecular formula is C56H38N2. The Morgan fingerprint density at radius 2 is 0.776 bits per heavy atom. The summed E-state index contributed by atoms with van der Waals surface area (Å²) in [5.74, 6) is 0. The van der Waals surface area contributed by atoms with Crippen LogP contribution in [-0.2, 0) is 0 Å². The summed E-state index contributed by atoms with van der Waals surface area (Å²) < 4.78 is 2.45. The van der Waals surface area contributed by atoms with E-state index in [2.05, 4.69) is 240 Å². The normalized spacial score (nSPS) is 11.4. The third-order valence-electron chi connectivity index (χ3n) is 11.6. The Morgan fingerprint density at radius 3 is 1.48 bits per heavy atom. The topological polar surface area (TPSA) is 8.17 Å². The van der Waals surface area contributed by atoms with E-state index in [1.165, 1.54) is 76.7 Å². The number of para-hydroxylation sites is 4. The fraction of sp³-hybridized carbons (Fsp3) is 0. The minimum Gasteiger partial charge on any atom is -0.307 e. The van der Waals surface area contributed by atoms with Crippen LogP contribution in [0.4, 0.5) is 17.1 Å². The molecule has 0 saturated carbocycles. The molecule has 0 unspecified atom stereocenters. The summed E-state index contributed by atoms with van der Waals surface area (Å²) in [6.07, 6.45) is 0. The third kappa shape index (κ3) is 5.50. The van der Waals surface area contributed by atoms with Gasteiger partial charge in [0, 0.05) is 21.7 Å². The van der Waals surface area contributed by atoms with Crippen molar-refractivity contribution in [1.82, 2.24) is 4.57 Å². The molecule has 0 aliphatic heterocycles. The van der Waals surface area contributed by atoms with Crippen LogP contribution in [-0.4, -0.2) is 4.57 Å². The van der Waals surface area contributed by atoms with Crippen molar-refractivity contribution < 1.29 is 0 Å². The third-order valence-corrected chi connectivity index (χ3v) is 11.6. The van der Waals surface area contributed by atoms with E-state index in [0.717, 1.165) is 22.7 Å². The molecule has 10 aromatic carbocycles. The van der Waals surface area contributed by atoms with E-state index in [-0.39, 0.29) is 0 Å². The maximum Gasteiger partial charge on any atom is 0.0702 e. The van der Waals surface area contributed by atoms with Gasteiger partial charge in [0.15, 0.2) is 0 Å². The molecule has 0 bridgehead atoms. The molecule has 2 nitrogen and oxygen atoms in total. The van der Waals surface area contributed by atoms with Gasteiger partial charge in [-0.2, -0.15) is 0 Å². The highest BCUT2D eigenvalue weighted by molar-refractivity contribution is 6.16. The molecule has 1 aromatic heterocycles. The zero-order valence-corrected chi connectivity index (χ0v) is 31.8. The van der Waals surface area contributed by atoms with E-state index in [1.54, 1.807) is 0 Å². The van der Waals surface area contributed by atoms with Crippen LogP contribution in [0.5, 0.6) is 0 Å². The first-order chi connectivity index (χ1) is 28.8. The highest BCUT2D eigenvalue weighted by Gasteiger charge is 2.27. The highest BCUT2D eigenvalue weighted by atomic mass is 15.2. The van der Waals surface area contributed by atoms with E-state index >= 15 is 0 Å². The van der Waals surface area contributed by atoms with Gasteiger partial charge >= 0.3 is 0 Å². The first-order valence-electron chi connectivity index (χ1n) is 19.9. The molecule has 0 N–H and O–H groups in total. The average molecular weight is 739 g/mol. The predicted molar refractivity (Wildman–Crippen MR) is 247 cm³/mol. The van der Waals surface area contributed by atoms with E-state index in [4.69, 9.17) is 0 Å². The number of benzene rings is 10. The minimum absolute atomic E-state index is 1.08. The van der Waals surface area contributed by atoms with Crippen molar-refractivity contribution >= 4 is 60.4 Å². The molecule has 0 amide bonds. The van der Waals surface area contributed by atoms with Crippen LogP contribution >= 0.6 is 0 Å². The Hall–Kier alpha value is -7.68. The van der Waals surface area contributed by atoms with Crippen molar-refractivity contribution in [2.45, 2.75) is 0 Å². The number of fused-ring (bicyclic) bond motifs is 6. The van der Waals surface area contributed by atoms with Gasteiger partial charge in [0.05, 0.1) is 33.8 Å². The zero-order valence-electron chi connectivity index (χ0n) is 31.8. The van der Waals surface area contributed by atoms with Crippen LogP contribution in [0.15, 0.2) is 231 Å². The van der Waals surface area contributed by atoms with Gasteiger partial charge in [-0.25, -0.2) is 0 Å². The second kappa shape index (κ2) is 14.1. The lowest BCUT2D eigenvalue weighted by Crippen LogP contribution is -2.15. The lowest BCUT2D eigenvalue weighted by molar-refractivity contribution is 1.15. The summed E-state index contributed by atoms with van der Waals surface area (Å²) in [5, 5.41) is 7.32. The Kier molecular flexibility index (Phi) is 8.19. The van der Waals surface area contributed by atoms with Gasteiger partial charge in [0.25, 0.3) is 0 Å². The monoisotopic (exact) mass is 738 g/mol. The maximum absolute atomic E-state index is 2.54. The van der Waals surface area contributed by atoms with Gasteiger partial charge in [-0.05, 0) is 80.4 Å². The Bertz CT molecular complexity index is 3230. The van der Waals surface area contributed by atoms with Gasteiger partial charge in [-0.3, -0.25) is 0 Å². The number of aromatic nitrogens is 1. The first kappa shape index (κ1) is 33.6. The largest absolute Gasteiger partial charge is 0.307 e. The summed E-state index contributed by atoms with van der Waals surface area (Å²) in [4.78, 5) is 2.54. The van der Waals surface area contributed by atoms with Crippen molar-refractivity contribution in [1.29, 1.82) is 0 Å². The lowest BCUT2D eigenvalue weighted by atomic mass is 9.87. The smallest absolute Gasteiger partial charge is 0.0702 e. The fourth-order valence-corrected chi connectivity index (χ4v) is 9.07. The predicted octanol–water partition coefficient (Wildman–Crippen LogP) is 15.6. The maximum atomic E-state index is 2.54.